The van der Waals surface area contributed by atoms with Crippen LogP contribution in [0, 0.1) is 23.0 Å². The average Bonchev–Trinajstić information content (AvgIpc) is 3.64. The lowest BCUT2D eigenvalue weighted by Crippen LogP contribution is -2.48. The zero-order valence-corrected chi connectivity index (χ0v) is 28.7. The van der Waals surface area contributed by atoms with E-state index < -0.39 is 4.92 Å². The topological polar surface area (TPSA) is 172 Å². The van der Waals surface area contributed by atoms with Crippen molar-refractivity contribution in [2.24, 2.45) is 5.92 Å². The maximum Gasteiger partial charge on any atom is 0.269 e. The fraction of sp³-hybridized carbons (Fsp3) is 0.472. The van der Waals surface area contributed by atoms with Crippen LogP contribution in [-0.2, 0) is 0 Å². The Kier molecular flexibility index (Phi) is 11.0. The number of non-ortho nitro benzene ring substituents is 1. The van der Waals surface area contributed by atoms with E-state index in [-0.39, 0.29) is 35.2 Å². The van der Waals surface area contributed by atoms with E-state index in [0.29, 0.717) is 34.3 Å². The minimum absolute atomic E-state index is 0.0105. The molecule has 14 nitrogen and oxygen atoms in total. The molecule has 1 saturated carbocycles. The molecule has 4 heterocycles. The molecular weight excluding hydrogens is 638 g/mol. The second kappa shape index (κ2) is 15.7. The number of fused-ring (bicyclic) bond motifs is 1. The van der Waals surface area contributed by atoms with Crippen LogP contribution >= 0.6 is 0 Å². The van der Waals surface area contributed by atoms with E-state index in [4.69, 9.17) is 4.98 Å². The number of pyridine rings is 2. The highest BCUT2D eigenvalue weighted by Gasteiger charge is 2.26. The van der Waals surface area contributed by atoms with Crippen molar-refractivity contribution in [2.45, 2.75) is 58.4 Å². The molecule has 1 unspecified atom stereocenters. The first-order chi connectivity index (χ1) is 24.2. The van der Waals surface area contributed by atoms with Crippen molar-refractivity contribution in [1.82, 2.24) is 24.4 Å². The van der Waals surface area contributed by atoms with Gasteiger partial charge in [0.1, 0.15) is 11.5 Å². The molecule has 1 aromatic carbocycles. The van der Waals surface area contributed by atoms with Gasteiger partial charge in [0.2, 0.25) is 5.95 Å². The van der Waals surface area contributed by atoms with Crippen molar-refractivity contribution in [2.75, 3.05) is 61.4 Å². The number of carbonyl (C=O) groups is 1. The molecule has 50 heavy (non-hydrogen) atoms. The predicted octanol–water partition coefficient (Wildman–Crippen LogP) is 5.09. The smallest absolute Gasteiger partial charge is 0.269 e. The average molecular weight is 684 g/mol. The molecule has 264 valence electrons. The number of ketones is 1. The summed E-state index contributed by atoms with van der Waals surface area (Å²) in [6.07, 6.45) is 8.98. The molecule has 3 N–H and O–H groups in total. The quantitative estimate of drug-likeness (QED) is 0.0915. The highest BCUT2D eigenvalue weighted by molar-refractivity contribution is 5.99. The highest BCUT2D eigenvalue weighted by Crippen LogP contribution is 2.32. The van der Waals surface area contributed by atoms with Gasteiger partial charge in [0.15, 0.2) is 5.78 Å². The number of nitrogens with zero attached hydrogens (tertiary/aromatic N) is 7. The Morgan fingerprint density at radius 1 is 1.04 bits per heavy atom. The zero-order chi connectivity index (χ0) is 35.2. The number of piperazine rings is 1. The van der Waals surface area contributed by atoms with E-state index in [9.17, 15) is 24.8 Å². The number of anilines is 4. The van der Waals surface area contributed by atoms with Crippen LogP contribution in [0.1, 0.15) is 67.4 Å². The number of hydrogen-bond acceptors (Lipinski definition) is 12. The number of nitrogens with one attached hydrogen (secondary N) is 2. The van der Waals surface area contributed by atoms with E-state index in [2.05, 4.69) is 30.4 Å². The van der Waals surface area contributed by atoms with Gasteiger partial charge in [-0.05, 0) is 75.3 Å². The van der Waals surface area contributed by atoms with E-state index in [1.54, 1.807) is 29.8 Å². The Labute approximate surface area is 290 Å². The summed E-state index contributed by atoms with van der Waals surface area (Å²) in [5, 5.41) is 27.8. The molecule has 1 saturated heterocycles. The van der Waals surface area contributed by atoms with Crippen LogP contribution in [0.25, 0.3) is 11.0 Å². The molecule has 0 spiro atoms. The van der Waals surface area contributed by atoms with Gasteiger partial charge in [-0.3, -0.25) is 29.2 Å². The molecule has 1 atom stereocenters. The van der Waals surface area contributed by atoms with Gasteiger partial charge >= 0.3 is 0 Å². The van der Waals surface area contributed by atoms with Gasteiger partial charge in [0.05, 0.1) is 22.4 Å². The largest absolute Gasteiger partial charge is 0.396 e. The van der Waals surface area contributed by atoms with Crippen molar-refractivity contribution >= 4 is 45.6 Å². The molecule has 3 aromatic heterocycles. The van der Waals surface area contributed by atoms with E-state index in [1.165, 1.54) is 19.1 Å². The maximum atomic E-state index is 13.5. The van der Waals surface area contributed by atoms with Gasteiger partial charge < -0.3 is 20.6 Å². The highest BCUT2D eigenvalue weighted by atomic mass is 16.6. The van der Waals surface area contributed by atoms with Gasteiger partial charge in [-0.25, -0.2) is 9.97 Å². The molecule has 0 bridgehead atoms. The van der Waals surface area contributed by atoms with Crippen LogP contribution in [0.15, 0.2) is 53.6 Å². The number of aryl methyl sites for hydroxylation is 1. The number of carbonyl (C=O) groups excluding carboxylic acids is 1. The van der Waals surface area contributed by atoms with Gasteiger partial charge in [-0.15, -0.1) is 0 Å². The van der Waals surface area contributed by atoms with Gasteiger partial charge in [0.25, 0.3) is 11.2 Å². The summed E-state index contributed by atoms with van der Waals surface area (Å²) in [6, 6.07) is 10.4. The number of nitro benzene ring substituents is 1. The number of aromatic nitrogens is 4. The first-order valence-corrected chi connectivity index (χ1v) is 17.4. The minimum Gasteiger partial charge on any atom is -0.396 e. The summed E-state index contributed by atoms with van der Waals surface area (Å²) in [7, 11) is 0. The number of benzene rings is 1. The zero-order valence-electron chi connectivity index (χ0n) is 28.7. The summed E-state index contributed by atoms with van der Waals surface area (Å²) in [5.74, 6) is 1.02. The van der Waals surface area contributed by atoms with Gasteiger partial charge in [-0.2, -0.15) is 4.98 Å². The fourth-order valence-corrected chi connectivity index (χ4v) is 7.26. The first-order valence-electron chi connectivity index (χ1n) is 17.4. The number of hydrogen-bond donors (Lipinski definition) is 3. The molecule has 2 fully saturated rings. The lowest BCUT2D eigenvalue weighted by Gasteiger charge is -2.37. The molecule has 6 rings (SSSR count). The number of nitro groups is 1. The second-order valence-electron chi connectivity index (χ2n) is 13.3. The van der Waals surface area contributed by atoms with Crippen molar-refractivity contribution in [3.05, 3.63) is 80.4 Å². The minimum atomic E-state index is -0.405. The summed E-state index contributed by atoms with van der Waals surface area (Å²) >= 11 is 0. The Morgan fingerprint density at radius 3 is 2.42 bits per heavy atom. The third-order valence-electron chi connectivity index (χ3n) is 9.99. The molecule has 4 aromatic rings. The summed E-state index contributed by atoms with van der Waals surface area (Å²) in [4.78, 5) is 55.1. The van der Waals surface area contributed by atoms with E-state index in [1.807, 2.05) is 18.3 Å². The number of aliphatic hydroxyl groups is 1. The molecular formula is C36H45N9O5. The Balaban J connectivity index is 1.04. The van der Waals surface area contributed by atoms with Crippen LogP contribution in [0.3, 0.4) is 0 Å². The van der Waals surface area contributed by atoms with Crippen molar-refractivity contribution in [3.63, 3.8) is 0 Å². The van der Waals surface area contributed by atoms with Crippen molar-refractivity contribution in [3.8, 4) is 0 Å². The third-order valence-corrected chi connectivity index (χ3v) is 9.99. The van der Waals surface area contributed by atoms with Crippen molar-refractivity contribution in [1.29, 1.82) is 0 Å². The normalized spacial score (nSPS) is 16.1. The van der Waals surface area contributed by atoms with Crippen LogP contribution in [0.2, 0.25) is 0 Å². The number of Topliss-reactive ketones (excluding diaryl/α,β-unsaturated/α-hetero) is 1. The lowest BCUT2D eigenvalue weighted by atomic mass is 10.0. The SMILES string of the molecule is CC(=O)c1c(C)c2cnc(Nc3ccc(N4CCN(CC(CCO)CCNc5ccc([N+](=O)[O-])cc5)CC4)cn3)nc2n(C2CCCC2)c1=O. The van der Waals surface area contributed by atoms with Crippen LogP contribution in [0.5, 0.6) is 0 Å². The first kappa shape index (κ1) is 34.9. The Morgan fingerprint density at radius 2 is 1.78 bits per heavy atom. The van der Waals surface area contributed by atoms with Crippen LogP contribution < -0.4 is 21.1 Å². The molecule has 1 aliphatic heterocycles. The molecule has 2 aliphatic rings. The number of aliphatic hydroxyl groups excluding tert-OH is 1. The second-order valence-corrected chi connectivity index (χ2v) is 13.3. The van der Waals surface area contributed by atoms with Gasteiger partial charge in [0, 0.05) is 81.3 Å². The molecule has 1 aliphatic carbocycles. The Hall–Kier alpha value is -4.95. The standard InChI is InChI=1S/C36H45N9O5/c1-24-31-22-39-36(41-34(31)44(28-5-3-4-6-28)35(48)33(24)25(2)47)40-32-12-11-30(21-38-32)43-18-16-42(17-19-43)23-26(14-20-46)13-15-37-27-7-9-29(10-8-27)45(49)50/h7-12,21-22,26,28,37,46H,3-6,13-20,23H2,1-2H3,(H,38,39,40,41). The molecule has 14 heteroatoms. The van der Waals surface area contributed by atoms with Gasteiger partial charge in [-0.1, -0.05) is 12.8 Å². The summed E-state index contributed by atoms with van der Waals surface area (Å²) in [5.41, 5.74) is 3.03. The fourth-order valence-electron chi connectivity index (χ4n) is 7.26. The van der Waals surface area contributed by atoms with Crippen LogP contribution in [0.4, 0.5) is 28.8 Å². The molecule has 0 amide bonds. The predicted molar refractivity (Wildman–Crippen MR) is 194 cm³/mol. The maximum absolute atomic E-state index is 13.5. The monoisotopic (exact) mass is 683 g/mol. The van der Waals surface area contributed by atoms with Crippen LogP contribution in [-0.4, -0.2) is 86.1 Å². The molecule has 0 radical (unpaired) electrons. The van der Waals surface area contributed by atoms with E-state index in [0.717, 1.165) is 89.2 Å². The van der Waals surface area contributed by atoms with E-state index >= 15 is 0 Å². The third kappa shape index (κ3) is 7.92. The Bertz CT molecular complexity index is 1870. The summed E-state index contributed by atoms with van der Waals surface area (Å²) < 4.78 is 1.71. The summed E-state index contributed by atoms with van der Waals surface area (Å²) in [6.45, 7) is 8.49. The lowest BCUT2D eigenvalue weighted by molar-refractivity contribution is -0.384. The number of rotatable bonds is 14. The van der Waals surface area contributed by atoms with Crippen molar-refractivity contribution < 1.29 is 14.8 Å².